The highest BCUT2D eigenvalue weighted by Gasteiger charge is 2.56. The molecule has 0 spiro atoms. The third kappa shape index (κ3) is 11.2. The molecule has 7 N–H and O–H groups in total. The number of fused-ring (bicyclic) bond motifs is 1. The van der Waals surface area contributed by atoms with Crippen molar-refractivity contribution < 1.29 is 42.0 Å². The molecule has 2 aliphatic carbocycles. The predicted molar refractivity (Wildman–Crippen MR) is 267 cm³/mol. The van der Waals surface area contributed by atoms with Crippen LogP contribution in [0.5, 0.6) is 0 Å². The molecule has 7 atom stereocenters. The smallest absolute Gasteiger partial charge is 0.264 e. The number of piperidine rings is 2. The third-order valence-electron chi connectivity index (χ3n) is 16.0. The van der Waals surface area contributed by atoms with E-state index in [2.05, 4.69) is 66.4 Å². The summed E-state index contributed by atoms with van der Waals surface area (Å²) in [6, 6.07) is 12.3. The van der Waals surface area contributed by atoms with E-state index in [4.69, 9.17) is 0 Å². The highest BCUT2D eigenvalue weighted by Crippen LogP contribution is 2.52. The molecule has 7 aliphatic rings. The van der Waals surface area contributed by atoms with Crippen molar-refractivity contribution in [1.82, 2.24) is 46.0 Å². The lowest BCUT2D eigenvalue weighted by Crippen LogP contribution is -2.54. The van der Waals surface area contributed by atoms with Gasteiger partial charge in [-0.1, -0.05) is 49.6 Å². The fourth-order valence-corrected chi connectivity index (χ4v) is 14.3. The van der Waals surface area contributed by atoms with E-state index in [1.165, 1.54) is 16.1 Å². The van der Waals surface area contributed by atoms with Gasteiger partial charge < -0.3 is 31.5 Å². The Bertz CT molecular complexity index is 2520. The number of rotatable bonds is 18. The standard InChI is InChI=1S/C50H68N10O9S2/c1-58(24-21-51-36-13-7-12-34-42(36)47(66)60(46(34)65)38-14-15-40(61)56-45(38)64)25-22-53-48(67)50(18-19-50)39-27-32(16-20-52-39)31-10-6-11-33(26-31)37-29-70-49(55-37)57-41(62)28-54-44(63)35-17-23-59(71(2,68)69)43(35)30-8-4-3-5-9-30/h6-7,10-13,26,30,32,35,37-39,43,49,51-52,55H,3-5,8-9,14-25,27-29H2,1-2H3,(H,53,67)(H,54,63)(H,57,62)(H,56,61,64). The number of likely N-dealkylation sites (N-methyl/N-ethyl adjacent to an activating group) is 1. The van der Waals surface area contributed by atoms with E-state index < -0.39 is 51.0 Å². The number of thioether (sulfide) groups is 1. The molecule has 2 aromatic rings. The number of sulfonamides is 1. The summed E-state index contributed by atoms with van der Waals surface area (Å²) in [7, 11) is -1.50. The van der Waals surface area contributed by atoms with Crippen LogP contribution in [0.2, 0.25) is 0 Å². The lowest BCUT2D eigenvalue weighted by Gasteiger charge is -2.36. The van der Waals surface area contributed by atoms with E-state index in [0.29, 0.717) is 44.8 Å². The number of carbonyl (C=O) groups is 7. The number of benzene rings is 2. The van der Waals surface area contributed by atoms with E-state index in [0.717, 1.165) is 80.5 Å². The summed E-state index contributed by atoms with van der Waals surface area (Å²) in [6.45, 7) is 3.09. The lowest BCUT2D eigenvalue weighted by atomic mass is 9.79. The van der Waals surface area contributed by atoms with Gasteiger partial charge >= 0.3 is 0 Å². The van der Waals surface area contributed by atoms with Crippen LogP contribution in [0.4, 0.5) is 5.69 Å². The van der Waals surface area contributed by atoms with Gasteiger partial charge in [-0.2, -0.15) is 4.31 Å². The largest absolute Gasteiger partial charge is 0.383 e. The highest BCUT2D eigenvalue weighted by atomic mass is 32.2. The maximum Gasteiger partial charge on any atom is 0.264 e. The van der Waals surface area contributed by atoms with Gasteiger partial charge in [0.15, 0.2) is 0 Å². The molecule has 7 unspecified atom stereocenters. The Kier molecular flexibility index (Phi) is 15.5. The maximum atomic E-state index is 13.8. The van der Waals surface area contributed by atoms with Crippen molar-refractivity contribution in [1.29, 1.82) is 0 Å². The van der Waals surface area contributed by atoms with Crippen molar-refractivity contribution in [3.8, 4) is 0 Å². The van der Waals surface area contributed by atoms with Crippen LogP contribution in [0.25, 0.3) is 0 Å². The predicted octanol–water partition coefficient (Wildman–Crippen LogP) is 1.99. The summed E-state index contributed by atoms with van der Waals surface area (Å²) in [5.41, 5.74) is 2.52. The van der Waals surface area contributed by atoms with Crippen molar-refractivity contribution in [2.24, 2.45) is 17.3 Å². The molecule has 71 heavy (non-hydrogen) atoms. The SMILES string of the molecule is CN(CCNC(=O)C1(C2CC(c3cccc(C4CSC(NC(=O)CNC(=O)C5CCN(S(C)(=O)=O)C5C5CCCCC5)N4)c3)CCN2)CC1)CCNc1cccc2c1C(=O)N(C1CCC(=O)NC1=O)C2=O. The molecular weight excluding hydrogens is 949 g/mol. The Balaban J connectivity index is 0.704. The lowest BCUT2D eigenvalue weighted by molar-refractivity contribution is -0.136. The van der Waals surface area contributed by atoms with Crippen LogP contribution in [-0.2, 0) is 34.0 Å². The molecule has 384 valence electrons. The van der Waals surface area contributed by atoms with Gasteiger partial charge in [-0.05, 0) is 100 Å². The highest BCUT2D eigenvalue weighted by molar-refractivity contribution is 8.00. The molecule has 7 amide bonds. The van der Waals surface area contributed by atoms with Gasteiger partial charge in [0, 0.05) is 68.7 Å². The molecule has 4 saturated heterocycles. The van der Waals surface area contributed by atoms with Crippen LogP contribution in [0, 0.1) is 17.3 Å². The van der Waals surface area contributed by atoms with Gasteiger partial charge in [-0.3, -0.25) is 49.1 Å². The first-order valence-corrected chi connectivity index (χ1v) is 28.3. The summed E-state index contributed by atoms with van der Waals surface area (Å²) in [5, 5.41) is 21.8. The number of nitrogens with zero attached hydrogens (tertiary/aromatic N) is 3. The fourth-order valence-electron chi connectivity index (χ4n) is 12.0. The first kappa shape index (κ1) is 51.0. The number of hydrogen-bond acceptors (Lipinski definition) is 14. The number of anilines is 1. The quantitative estimate of drug-likeness (QED) is 0.106. The Morgan fingerprint density at radius 2 is 1.66 bits per heavy atom. The summed E-state index contributed by atoms with van der Waals surface area (Å²) in [6.07, 6.45) is 10.3. The average molecular weight is 1020 g/mol. The van der Waals surface area contributed by atoms with Gasteiger partial charge in [0.1, 0.15) is 11.5 Å². The van der Waals surface area contributed by atoms with E-state index >= 15 is 0 Å². The molecule has 9 rings (SSSR count). The normalized spacial score (nSPS) is 27.9. The van der Waals surface area contributed by atoms with Crippen LogP contribution in [0.3, 0.4) is 0 Å². The number of amides is 7. The Hall–Kier alpha value is -4.93. The van der Waals surface area contributed by atoms with Crippen molar-refractivity contribution >= 4 is 68.8 Å². The number of nitrogens with one attached hydrogen (secondary N) is 7. The summed E-state index contributed by atoms with van der Waals surface area (Å²) < 4.78 is 26.8. The summed E-state index contributed by atoms with van der Waals surface area (Å²) in [4.78, 5) is 94.3. The first-order chi connectivity index (χ1) is 34.1. The molecule has 19 nitrogen and oxygen atoms in total. The van der Waals surface area contributed by atoms with E-state index in [9.17, 15) is 42.0 Å². The molecule has 0 aromatic heterocycles. The Morgan fingerprint density at radius 3 is 2.42 bits per heavy atom. The fraction of sp³-hybridized carbons (Fsp3) is 0.620. The second-order valence-electron chi connectivity index (χ2n) is 20.6. The average Bonchev–Trinajstić information content (AvgIpc) is 3.69. The third-order valence-corrected chi connectivity index (χ3v) is 18.3. The molecule has 0 radical (unpaired) electrons. The van der Waals surface area contributed by atoms with Gasteiger partial charge in [0.25, 0.3) is 11.8 Å². The number of carbonyl (C=O) groups excluding carboxylic acids is 7. The van der Waals surface area contributed by atoms with Crippen LogP contribution in [-0.4, -0.2) is 152 Å². The second-order valence-corrected chi connectivity index (χ2v) is 23.7. The minimum atomic E-state index is -3.46. The minimum absolute atomic E-state index is 0.00952. The summed E-state index contributed by atoms with van der Waals surface area (Å²) >= 11 is 1.60. The van der Waals surface area contributed by atoms with Gasteiger partial charge in [0.2, 0.25) is 39.6 Å². The molecule has 5 heterocycles. The van der Waals surface area contributed by atoms with Gasteiger partial charge in [-0.15, -0.1) is 11.8 Å². The first-order valence-electron chi connectivity index (χ1n) is 25.4. The Morgan fingerprint density at radius 1 is 0.901 bits per heavy atom. The molecule has 5 aliphatic heterocycles. The molecule has 21 heteroatoms. The zero-order valence-electron chi connectivity index (χ0n) is 40.6. The topological polar surface area (TPSA) is 248 Å². The van der Waals surface area contributed by atoms with Crippen molar-refractivity contribution in [3.63, 3.8) is 0 Å². The number of hydrogen-bond donors (Lipinski definition) is 7. The van der Waals surface area contributed by atoms with Gasteiger partial charge in [0.05, 0.1) is 35.3 Å². The van der Waals surface area contributed by atoms with Gasteiger partial charge in [-0.25, -0.2) is 8.42 Å². The monoisotopic (exact) mass is 1020 g/mol. The zero-order valence-corrected chi connectivity index (χ0v) is 42.3. The van der Waals surface area contributed by atoms with E-state index in [1.807, 2.05) is 7.05 Å². The maximum absolute atomic E-state index is 13.8. The van der Waals surface area contributed by atoms with E-state index in [-0.39, 0.29) is 83.7 Å². The molecular formula is C50H68N10O9S2. The second kappa shape index (κ2) is 21.7. The van der Waals surface area contributed by atoms with E-state index in [1.54, 1.807) is 30.0 Å². The van der Waals surface area contributed by atoms with Crippen LogP contribution in [0.1, 0.15) is 121 Å². The van der Waals surface area contributed by atoms with Crippen LogP contribution >= 0.6 is 11.8 Å². The number of imide groups is 2. The zero-order chi connectivity index (χ0) is 50.0. The Labute approximate surface area is 419 Å². The van der Waals surface area contributed by atoms with Crippen molar-refractivity contribution in [2.45, 2.75) is 113 Å². The van der Waals surface area contributed by atoms with Crippen molar-refractivity contribution in [2.75, 3.05) is 70.2 Å². The molecule has 2 aromatic carbocycles. The molecule has 6 fully saturated rings. The molecule has 2 saturated carbocycles. The molecule has 0 bridgehead atoms. The van der Waals surface area contributed by atoms with Crippen molar-refractivity contribution in [3.05, 3.63) is 64.7 Å². The van der Waals surface area contributed by atoms with Crippen LogP contribution < -0.4 is 37.2 Å². The van der Waals surface area contributed by atoms with Crippen LogP contribution in [0.15, 0.2) is 42.5 Å². The minimum Gasteiger partial charge on any atom is -0.383 e. The summed E-state index contributed by atoms with van der Waals surface area (Å²) in [5.74, 6) is -1.98.